The highest BCUT2D eigenvalue weighted by molar-refractivity contribution is 5.85. The van der Waals surface area contributed by atoms with Crippen molar-refractivity contribution in [2.75, 3.05) is 0 Å². The fraction of sp³-hybridized carbons (Fsp3) is 0.133. The molecule has 0 aliphatic heterocycles. The maximum atomic E-state index is 9.32. The van der Waals surface area contributed by atoms with E-state index in [1.165, 1.54) is 0 Å². The van der Waals surface area contributed by atoms with Crippen molar-refractivity contribution in [1.29, 1.82) is 0 Å². The summed E-state index contributed by atoms with van der Waals surface area (Å²) in [4.78, 5) is 4.40. The lowest BCUT2D eigenvalue weighted by Crippen LogP contribution is -2.04. The molecule has 0 aliphatic rings. The Hall–Kier alpha value is -2.00. The van der Waals surface area contributed by atoms with Crippen LogP contribution in [0.3, 0.4) is 0 Å². The van der Waals surface area contributed by atoms with Gasteiger partial charge in [-0.25, -0.2) is 4.98 Å². The van der Waals surface area contributed by atoms with Crippen molar-refractivity contribution in [3.8, 4) is 5.75 Å². The number of phenolic OH excluding ortho intramolecular Hbond substituents is 1. The molecule has 0 saturated carbocycles. The highest BCUT2D eigenvalue weighted by Crippen LogP contribution is 2.24. The topological polar surface area (TPSA) is 38.0 Å². The Morgan fingerprint density at radius 2 is 1.74 bits per heavy atom. The molecule has 1 aromatic heterocycles. The number of hydrogen-bond acceptors (Lipinski definition) is 2. The largest absolute Gasteiger partial charge is 0.508 e. The SMILES string of the molecule is CC(c1ccc(O)cc1)n1cnc2ccccc21.Cl. The van der Waals surface area contributed by atoms with Crippen molar-refractivity contribution in [2.24, 2.45) is 0 Å². The van der Waals surface area contributed by atoms with E-state index in [0.717, 1.165) is 16.6 Å². The number of hydrogen-bond donors (Lipinski definition) is 1. The number of rotatable bonds is 2. The second-order valence-corrected chi connectivity index (χ2v) is 4.41. The molecule has 0 fully saturated rings. The molecule has 1 unspecified atom stereocenters. The molecule has 2 aromatic carbocycles. The van der Waals surface area contributed by atoms with E-state index < -0.39 is 0 Å². The molecule has 0 amide bonds. The molecule has 19 heavy (non-hydrogen) atoms. The summed E-state index contributed by atoms with van der Waals surface area (Å²) < 4.78 is 2.14. The third-order valence-electron chi connectivity index (χ3n) is 3.27. The maximum absolute atomic E-state index is 9.32. The van der Waals surface area contributed by atoms with Gasteiger partial charge >= 0.3 is 0 Å². The summed E-state index contributed by atoms with van der Waals surface area (Å²) in [7, 11) is 0. The van der Waals surface area contributed by atoms with Gasteiger partial charge in [-0.3, -0.25) is 0 Å². The first kappa shape index (κ1) is 13.4. The molecule has 0 spiro atoms. The van der Waals surface area contributed by atoms with Gasteiger partial charge in [-0.2, -0.15) is 0 Å². The van der Waals surface area contributed by atoms with Gasteiger partial charge in [0.05, 0.1) is 23.4 Å². The molecule has 98 valence electrons. The molecule has 0 aliphatic carbocycles. The monoisotopic (exact) mass is 274 g/mol. The minimum Gasteiger partial charge on any atom is -0.508 e. The summed E-state index contributed by atoms with van der Waals surface area (Å²) in [5.74, 6) is 0.293. The van der Waals surface area contributed by atoms with Crippen LogP contribution in [0.15, 0.2) is 54.9 Å². The highest BCUT2D eigenvalue weighted by Gasteiger charge is 2.10. The number of imidazole rings is 1. The van der Waals surface area contributed by atoms with Gasteiger partial charge in [0.1, 0.15) is 5.75 Å². The lowest BCUT2D eigenvalue weighted by Gasteiger charge is -2.14. The number of fused-ring (bicyclic) bond motifs is 1. The molecule has 0 bridgehead atoms. The zero-order valence-corrected chi connectivity index (χ0v) is 11.3. The fourth-order valence-corrected chi connectivity index (χ4v) is 2.20. The van der Waals surface area contributed by atoms with E-state index in [-0.39, 0.29) is 18.4 Å². The Kier molecular flexibility index (Phi) is 3.76. The molecule has 0 radical (unpaired) electrons. The molecule has 3 nitrogen and oxygen atoms in total. The van der Waals surface area contributed by atoms with E-state index in [4.69, 9.17) is 0 Å². The lowest BCUT2D eigenvalue weighted by atomic mass is 10.1. The van der Waals surface area contributed by atoms with Gasteiger partial charge in [0.15, 0.2) is 0 Å². The van der Waals surface area contributed by atoms with Gasteiger partial charge in [0, 0.05) is 0 Å². The molecule has 4 heteroatoms. The molecule has 3 aromatic rings. The Bertz CT molecular complexity index is 676. The summed E-state index contributed by atoms with van der Waals surface area (Å²) in [5.41, 5.74) is 3.28. The van der Waals surface area contributed by atoms with Crippen molar-refractivity contribution in [2.45, 2.75) is 13.0 Å². The molecule has 0 saturated heterocycles. The molecular weight excluding hydrogens is 260 g/mol. The van der Waals surface area contributed by atoms with Crippen molar-refractivity contribution < 1.29 is 5.11 Å². The average Bonchev–Trinajstić information content (AvgIpc) is 2.82. The smallest absolute Gasteiger partial charge is 0.115 e. The van der Waals surface area contributed by atoms with Gasteiger partial charge in [-0.1, -0.05) is 24.3 Å². The van der Waals surface area contributed by atoms with Crippen LogP contribution in [0, 0.1) is 0 Å². The Morgan fingerprint density at radius 3 is 2.47 bits per heavy atom. The van der Waals surface area contributed by atoms with Gasteiger partial charge in [-0.05, 0) is 36.8 Å². The summed E-state index contributed by atoms with van der Waals surface area (Å²) >= 11 is 0. The Morgan fingerprint density at radius 1 is 1.05 bits per heavy atom. The number of phenols is 1. The van der Waals surface area contributed by atoms with Crippen molar-refractivity contribution in [3.05, 3.63) is 60.4 Å². The highest BCUT2D eigenvalue weighted by atomic mass is 35.5. The summed E-state index contributed by atoms with van der Waals surface area (Å²) in [5, 5.41) is 9.32. The minimum absolute atomic E-state index is 0. The molecule has 1 N–H and O–H groups in total. The van der Waals surface area contributed by atoms with Gasteiger partial charge in [0.2, 0.25) is 0 Å². The number of aromatic nitrogens is 2. The normalized spacial score (nSPS) is 12.1. The van der Waals surface area contributed by atoms with E-state index >= 15 is 0 Å². The summed E-state index contributed by atoms with van der Waals surface area (Å²) in [6, 6.07) is 15.6. The van der Waals surface area contributed by atoms with Crippen molar-refractivity contribution >= 4 is 23.4 Å². The zero-order chi connectivity index (χ0) is 12.5. The first-order valence-electron chi connectivity index (χ1n) is 5.96. The first-order chi connectivity index (χ1) is 8.75. The number of halogens is 1. The minimum atomic E-state index is 0. The van der Waals surface area contributed by atoms with Gasteiger partial charge < -0.3 is 9.67 Å². The van der Waals surface area contributed by atoms with Crippen LogP contribution in [0.4, 0.5) is 0 Å². The predicted octanol–water partition coefficient (Wildman–Crippen LogP) is 3.77. The van der Waals surface area contributed by atoms with E-state index in [9.17, 15) is 5.11 Å². The average molecular weight is 275 g/mol. The summed E-state index contributed by atoms with van der Waals surface area (Å²) in [6.45, 7) is 2.13. The van der Waals surface area contributed by atoms with Crippen LogP contribution in [-0.2, 0) is 0 Å². The van der Waals surface area contributed by atoms with Crippen LogP contribution in [0.2, 0.25) is 0 Å². The number of nitrogens with zero attached hydrogens (tertiary/aromatic N) is 2. The Balaban J connectivity index is 0.00000133. The molecule has 1 atom stereocenters. The van der Waals surface area contributed by atoms with Gasteiger partial charge in [-0.15, -0.1) is 12.4 Å². The standard InChI is InChI=1S/C15H14N2O.ClH/c1-11(12-6-8-13(18)9-7-12)17-10-16-14-4-2-3-5-15(14)17;/h2-11,18H,1H3;1H. The van der Waals surface area contributed by atoms with E-state index in [2.05, 4.69) is 22.5 Å². The zero-order valence-electron chi connectivity index (χ0n) is 10.5. The van der Waals surface area contributed by atoms with Crippen LogP contribution in [-0.4, -0.2) is 14.7 Å². The van der Waals surface area contributed by atoms with Crippen LogP contribution in [0.25, 0.3) is 11.0 Å². The third kappa shape index (κ3) is 2.42. The second-order valence-electron chi connectivity index (χ2n) is 4.41. The van der Waals surface area contributed by atoms with Crippen molar-refractivity contribution in [1.82, 2.24) is 9.55 Å². The number of aromatic hydroxyl groups is 1. The second kappa shape index (κ2) is 5.33. The van der Waals surface area contributed by atoms with Crippen LogP contribution in [0.1, 0.15) is 18.5 Å². The molecular formula is C15H15ClN2O. The summed E-state index contributed by atoms with van der Waals surface area (Å²) in [6.07, 6.45) is 1.86. The van der Waals surface area contributed by atoms with E-state index in [0.29, 0.717) is 5.75 Å². The predicted molar refractivity (Wildman–Crippen MR) is 78.9 cm³/mol. The maximum Gasteiger partial charge on any atom is 0.115 e. The Labute approximate surface area is 117 Å². The third-order valence-corrected chi connectivity index (χ3v) is 3.27. The van der Waals surface area contributed by atoms with E-state index in [1.54, 1.807) is 12.1 Å². The number of benzene rings is 2. The van der Waals surface area contributed by atoms with Crippen LogP contribution >= 0.6 is 12.4 Å². The lowest BCUT2D eigenvalue weighted by molar-refractivity contribution is 0.474. The van der Waals surface area contributed by atoms with E-state index in [1.807, 2.05) is 36.7 Å². The molecule has 1 heterocycles. The van der Waals surface area contributed by atoms with Crippen molar-refractivity contribution in [3.63, 3.8) is 0 Å². The number of para-hydroxylation sites is 2. The van der Waals surface area contributed by atoms with Crippen LogP contribution < -0.4 is 0 Å². The van der Waals surface area contributed by atoms with Gasteiger partial charge in [0.25, 0.3) is 0 Å². The first-order valence-corrected chi connectivity index (χ1v) is 5.96. The quantitative estimate of drug-likeness (QED) is 0.772. The van der Waals surface area contributed by atoms with Crippen LogP contribution in [0.5, 0.6) is 5.75 Å². The fourth-order valence-electron chi connectivity index (χ4n) is 2.20. The molecule has 3 rings (SSSR count).